The highest BCUT2D eigenvalue weighted by Crippen LogP contribution is 2.44. The van der Waals surface area contributed by atoms with Crippen molar-refractivity contribution in [2.45, 2.75) is 22.5 Å². The van der Waals surface area contributed by atoms with E-state index in [1.54, 1.807) is 36.4 Å². The third-order valence-electron chi connectivity index (χ3n) is 6.48. The number of aromatic nitrogens is 3. The van der Waals surface area contributed by atoms with Crippen molar-refractivity contribution in [3.05, 3.63) is 62.6 Å². The maximum absolute atomic E-state index is 13.4. The highest BCUT2D eigenvalue weighted by atomic mass is 35.5. The lowest BCUT2D eigenvalue weighted by molar-refractivity contribution is -0.150. The van der Waals surface area contributed by atoms with E-state index in [2.05, 4.69) is 30.7 Å². The van der Waals surface area contributed by atoms with Crippen LogP contribution in [0, 0.1) is 0 Å². The van der Waals surface area contributed by atoms with Crippen molar-refractivity contribution < 1.29 is 29.1 Å². The van der Waals surface area contributed by atoms with Gasteiger partial charge >= 0.3 is 5.97 Å². The quantitative estimate of drug-likeness (QED) is 0.0388. The number of nitrogens with two attached hydrogens (primary N) is 3. The van der Waals surface area contributed by atoms with Crippen LogP contribution in [0.5, 0.6) is 0 Å². The molecular formula is C26H25ClN10O6S4. The van der Waals surface area contributed by atoms with Crippen LogP contribution in [0.4, 0.5) is 16.9 Å². The molecule has 3 atom stereocenters. The second kappa shape index (κ2) is 14.8. The molecular weight excluding hydrogens is 712 g/mol. The van der Waals surface area contributed by atoms with Crippen LogP contribution in [0.3, 0.4) is 0 Å². The van der Waals surface area contributed by atoms with Crippen molar-refractivity contribution >= 4 is 105 Å². The molecule has 3 amide bonds. The second-order valence-corrected chi connectivity index (χ2v) is 14.6. The lowest BCUT2D eigenvalue weighted by atomic mass is 10.0. The summed E-state index contributed by atoms with van der Waals surface area (Å²) in [6.45, 7) is 0. The predicted octanol–water partition coefficient (Wildman–Crippen LogP) is 1.92. The van der Waals surface area contributed by atoms with E-state index in [0.717, 1.165) is 16.2 Å². The summed E-state index contributed by atoms with van der Waals surface area (Å²) < 4.78 is 0.0103. The maximum atomic E-state index is 13.4. The smallest absolute Gasteiger partial charge is 0.353 e. The van der Waals surface area contributed by atoms with Crippen LogP contribution in [-0.4, -0.2) is 83.7 Å². The van der Waals surface area contributed by atoms with Crippen LogP contribution in [0.1, 0.15) is 17.3 Å². The molecule has 0 radical (unpaired) electrons. The molecule has 0 aliphatic carbocycles. The van der Waals surface area contributed by atoms with Gasteiger partial charge in [-0.1, -0.05) is 70.2 Å². The zero-order valence-corrected chi connectivity index (χ0v) is 28.1. The Morgan fingerprint density at radius 3 is 2.64 bits per heavy atom. The number of thiazole rings is 1. The van der Waals surface area contributed by atoms with Gasteiger partial charge in [0.25, 0.3) is 11.8 Å². The predicted molar refractivity (Wildman–Crippen MR) is 182 cm³/mol. The number of hydrogen-bond donors (Lipinski definition) is 6. The lowest BCUT2D eigenvalue weighted by Crippen LogP contribution is -2.71. The Kier molecular flexibility index (Phi) is 10.8. The van der Waals surface area contributed by atoms with Crippen LogP contribution >= 0.6 is 58.2 Å². The summed E-state index contributed by atoms with van der Waals surface area (Å²) in [5, 5.41) is 19.2. The number of nitrogen functional groups attached to an aromatic ring is 2. The van der Waals surface area contributed by atoms with E-state index in [4.69, 9.17) is 33.6 Å². The lowest BCUT2D eigenvalue weighted by Gasteiger charge is -2.49. The Labute approximate surface area is 288 Å². The minimum absolute atomic E-state index is 0.0103. The van der Waals surface area contributed by atoms with Crippen LogP contribution in [-0.2, 0) is 24.0 Å². The minimum atomic E-state index is -1.28. The number of benzene rings is 1. The Bertz CT molecular complexity index is 1770. The second-order valence-electron chi connectivity index (χ2n) is 9.48. The third kappa shape index (κ3) is 7.57. The fourth-order valence-corrected chi connectivity index (χ4v) is 9.14. The molecule has 9 N–H and O–H groups in total. The number of carboxylic acids is 1. The average molecular weight is 737 g/mol. The Balaban J connectivity index is 1.25. The van der Waals surface area contributed by atoms with E-state index in [1.807, 2.05) is 0 Å². The number of aliphatic carboxylic acids is 1. The molecule has 47 heavy (non-hydrogen) atoms. The van der Waals surface area contributed by atoms with Crippen molar-refractivity contribution in [2.75, 3.05) is 34.7 Å². The number of nitrogens with zero attached hydrogens (tertiary/aromatic N) is 5. The SMILES string of the molecule is CON=C(C(=O)NC1C(=O)N2C(C(=O)O)=C(SCSc3cc(N)nc(N)n3)CSC12)c1nc(NC(=O)[C@@H](N)c2ccccc2)sc1Cl. The first-order chi connectivity index (χ1) is 22.5. The van der Waals surface area contributed by atoms with Crippen LogP contribution in [0.15, 0.2) is 57.2 Å². The molecule has 1 fully saturated rings. The van der Waals surface area contributed by atoms with Crippen LogP contribution in [0.2, 0.25) is 4.34 Å². The van der Waals surface area contributed by atoms with Gasteiger partial charge in [0.2, 0.25) is 11.9 Å². The average Bonchev–Trinajstić information content (AvgIpc) is 3.40. The number of fused-ring (bicyclic) bond motifs is 1. The molecule has 2 aromatic heterocycles. The minimum Gasteiger partial charge on any atom is -0.477 e. The number of carbonyl (C=O) groups excluding carboxylic acids is 3. The molecule has 4 heterocycles. The summed E-state index contributed by atoms with van der Waals surface area (Å²) >= 11 is 11.0. The summed E-state index contributed by atoms with van der Waals surface area (Å²) in [5.74, 6) is -2.82. The van der Waals surface area contributed by atoms with Gasteiger partial charge in [-0.05, 0) is 5.56 Å². The Morgan fingerprint density at radius 2 is 1.96 bits per heavy atom. The Hall–Kier alpha value is -4.08. The van der Waals surface area contributed by atoms with E-state index in [-0.39, 0.29) is 44.1 Å². The highest BCUT2D eigenvalue weighted by molar-refractivity contribution is 8.18. The van der Waals surface area contributed by atoms with Gasteiger partial charge in [-0.2, -0.15) is 4.98 Å². The number of anilines is 3. The van der Waals surface area contributed by atoms with Gasteiger partial charge in [0, 0.05) is 21.8 Å². The fourth-order valence-electron chi connectivity index (χ4n) is 4.39. The van der Waals surface area contributed by atoms with Gasteiger partial charge in [-0.15, -0.1) is 23.5 Å². The fraction of sp³-hybridized carbons (Fsp3) is 0.231. The van der Waals surface area contributed by atoms with Gasteiger partial charge in [0.1, 0.15) is 51.1 Å². The van der Waals surface area contributed by atoms with E-state index < -0.39 is 41.1 Å². The molecule has 0 saturated carbocycles. The van der Waals surface area contributed by atoms with E-state index in [9.17, 15) is 24.3 Å². The van der Waals surface area contributed by atoms with Crippen LogP contribution in [0.25, 0.3) is 0 Å². The number of rotatable bonds is 12. The molecule has 16 nitrogen and oxygen atoms in total. The molecule has 1 aromatic carbocycles. The number of carboxylic acid groups (broad SMARTS) is 1. The number of amides is 3. The molecule has 2 aliphatic heterocycles. The number of carbonyl (C=O) groups is 4. The molecule has 0 bridgehead atoms. The van der Waals surface area contributed by atoms with Crippen LogP contribution < -0.4 is 27.8 Å². The monoisotopic (exact) mass is 736 g/mol. The van der Waals surface area contributed by atoms with Crippen molar-refractivity contribution in [1.82, 2.24) is 25.2 Å². The zero-order chi connectivity index (χ0) is 33.8. The number of thioether (sulfide) groups is 3. The first-order valence-electron chi connectivity index (χ1n) is 13.2. The summed E-state index contributed by atoms with van der Waals surface area (Å²) in [6.07, 6.45) is 0. The molecule has 3 aromatic rings. The molecule has 0 spiro atoms. The molecule has 1 saturated heterocycles. The number of halogens is 1. The first kappa shape index (κ1) is 34.3. The number of oxime groups is 1. The summed E-state index contributed by atoms with van der Waals surface area (Å²) in [5.41, 5.74) is 17.3. The number of β-lactam (4-membered cyclic amide) rings is 1. The van der Waals surface area contributed by atoms with Gasteiger partial charge < -0.3 is 37.8 Å². The maximum Gasteiger partial charge on any atom is 0.353 e. The molecule has 246 valence electrons. The number of nitrogens with one attached hydrogen (secondary N) is 2. The van der Waals surface area contributed by atoms with E-state index >= 15 is 0 Å². The molecule has 5 rings (SSSR count). The van der Waals surface area contributed by atoms with Crippen molar-refractivity contribution in [1.29, 1.82) is 0 Å². The summed E-state index contributed by atoms with van der Waals surface area (Å²) in [6, 6.07) is 8.18. The summed E-state index contributed by atoms with van der Waals surface area (Å²) in [4.78, 5) is 70.2. The van der Waals surface area contributed by atoms with Crippen molar-refractivity contribution in [3.63, 3.8) is 0 Å². The topological polar surface area (TPSA) is 254 Å². The van der Waals surface area contributed by atoms with Gasteiger partial charge in [-0.25, -0.2) is 14.8 Å². The molecule has 21 heteroatoms. The van der Waals surface area contributed by atoms with Gasteiger partial charge in [0.15, 0.2) is 10.8 Å². The highest BCUT2D eigenvalue weighted by Gasteiger charge is 2.54. The summed E-state index contributed by atoms with van der Waals surface area (Å²) in [7, 11) is 1.21. The molecule has 2 unspecified atom stereocenters. The van der Waals surface area contributed by atoms with Crippen molar-refractivity contribution in [3.8, 4) is 0 Å². The number of hydrogen-bond acceptors (Lipinski definition) is 16. The Morgan fingerprint density at radius 1 is 1.21 bits per heavy atom. The van der Waals surface area contributed by atoms with E-state index in [0.29, 0.717) is 20.6 Å². The zero-order valence-electron chi connectivity index (χ0n) is 24.1. The largest absolute Gasteiger partial charge is 0.477 e. The normalized spacial score (nSPS) is 18.2. The van der Waals surface area contributed by atoms with E-state index in [1.165, 1.54) is 42.4 Å². The van der Waals surface area contributed by atoms with Crippen molar-refractivity contribution in [2.24, 2.45) is 10.9 Å². The first-order valence-corrected chi connectivity index (χ1v) is 17.5. The molecule has 2 aliphatic rings. The van der Waals surface area contributed by atoms with Gasteiger partial charge in [0.05, 0.1) is 0 Å². The third-order valence-corrected chi connectivity index (χ3v) is 11.2. The standard InChI is InChI=1S/C26H25ClN10O6S4/c1-43-36-16(15-19(27)47-26(34-15)35-20(38)14(29)10-5-3-2-4-6-10)21(39)33-17-22(40)37-18(24(41)42)11(8-44-23(17)37)45-9-46-13-7-12(28)31-25(30)32-13/h2-7,14,17,23H,8-9,29H2,1H3,(H,33,39)(H,41,42)(H,34,35,38)(H4,28,30,31,32)/t14-,17?,23?/m0/s1. The van der Waals surface area contributed by atoms with Gasteiger partial charge in [-0.3, -0.25) is 19.3 Å².